The molecule has 2 aromatic rings. The van der Waals surface area contributed by atoms with Crippen LogP contribution >= 0.6 is 0 Å². The number of piperidine rings is 1. The van der Waals surface area contributed by atoms with Crippen LogP contribution < -0.4 is 0 Å². The summed E-state index contributed by atoms with van der Waals surface area (Å²) >= 11 is 0. The number of carbonyl (C=O) groups excluding carboxylic acids is 1. The summed E-state index contributed by atoms with van der Waals surface area (Å²) in [6.45, 7) is 5.41. The summed E-state index contributed by atoms with van der Waals surface area (Å²) in [5, 5.41) is 9.31. The first-order valence-corrected chi connectivity index (χ1v) is 8.49. The minimum absolute atomic E-state index is 0.0559. The molecule has 0 spiro atoms. The van der Waals surface area contributed by atoms with Crippen LogP contribution in [0.25, 0.3) is 11.5 Å². The van der Waals surface area contributed by atoms with Gasteiger partial charge in [0.2, 0.25) is 11.8 Å². The number of amides is 1. The molecule has 1 fully saturated rings. The lowest BCUT2D eigenvalue weighted by Crippen LogP contribution is -2.41. The Labute approximate surface area is 142 Å². The van der Waals surface area contributed by atoms with Crippen LogP contribution in [0.5, 0.6) is 0 Å². The number of aliphatic hydroxyl groups excluding tert-OH is 1. The Bertz CT molecular complexity index is 723. The highest BCUT2D eigenvalue weighted by molar-refractivity contribution is 5.78. The first-order chi connectivity index (χ1) is 11.6. The molecule has 1 atom stereocenters. The number of hydrogen-bond acceptors (Lipinski definition) is 4. The average Bonchev–Trinajstić information content (AvgIpc) is 2.95. The van der Waals surface area contributed by atoms with E-state index >= 15 is 0 Å². The first-order valence-electron chi connectivity index (χ1n) is 8.49. The van der Waals surface area contributed by atoms with Crippen molar-refractivity contribution in [2.45, 2.75) is 33.1 Å². The number of benzene rings is 1. The fourth-order valence-corrected chi connectivity index (χ4v) is 3.19. The van der Waals surface area contributed by atoms with E-state index in [0.717, 1.165) is 30.5 Å². The second-order valence-corrected chi connectivity index (χ2v) is 6.60. The molecule has 0 bridgehead atoms. The molecule has 128 valence electrons. The number of aryl methyl sites for hydroxylation is 2. The molecule has 1 aromatic heterocycles. The van der Waals surface area contributed by atoms with E-state index in [-0.39, 0.29) is 24.9 Å². The lowest BCUT2D eigenvalue weighted by molar-refractivity contribution is -0.132. The summed E-state index contributed by atoms with van der Waals surface area (Å²) < 4.78 is 5.76. The highest BCUT2D eigenvalue weighted by atomic mass is 16.4. The van der Waals surface area contributed by atoms with Gasteiger partial charge in [-0.25, -0.2) is 4.98 Å². The second kappa shape index (κ2) is 7.18. The highest BCUT2D eigenvalue weighted by Gasteiger charge is 2.24. The number of hydrogen-bond donors (Lipinski definition) is 1. The molecule has 0 aliphatic carbocycles. The summed E-state index contributed by atoms with van der Waals surface area (Å²) in [4.78, 5) is 18.9. The predicted octanol–water partition coefficient (Wildman–Crippen LogP) is 2.73. The smallest absolute Gasteiger partial charge is 0.228 e. The molecule has 2 heterocycles. The van der Waals surface area contributed by atoms with Gasteiger partial charge in [-0.3, -0.25) is 4.79 Å². The van der Waals surface area contributed by atoms with E-state index in [1.54, 1.807) is 0 Å². The van der Waals surface area contributed by atoms with Gasteiger partial charge in [-0.05, 0) is 44.7 Å². The predicted molar refractivity (Wildman–Crippen MR) is 91.5 cm³/mol. The Kier molecular flexibility index (Phi) is 5.00. The maximum atomic E-state index is 12.5. The van der Waals surface area contributed by atoms with Crippen molar-refractivity contribution in [3.8, 4) is 11.5 Å². The van der Waals surface area contributed by atoms with Crippen LogP contribution in [0, 0.1) is 19.8 Å². The quantitative estimate of drug-likeness (QED) is 0.937. The fraction of sp³-hybridized carbons (Fsp3) is 0.474. The third kappa shape index (κ3) is 3.67. The third-order valence-corrected chi connectivity index (χ3v) is 4.61. The molecule has 5 nitrogen and oxygen atoms in total. The summed E-state index contributed by atoms with van der Waals surface area (Å²) in [6.07, 6.45) is 2.18. The second-order valence-electron chi connectivity index (χ2n) is 6.60. The molecule has 0 saturated carbocycles. The zero-order chi connectivity index (χ0) is 17.1. The number of aromatic nitrogens is 1. The monoisotopic (exact) mass is 328 g/mol. The van der Waals surface area contributed by atoms with E-state index in [0.29, 0.717) is 23.9 Å². The zero-order valence-electron chi connectivity index (χ0n) is 14.3. The van der Waals surface area contributed by atoms with E-state index in [2.05, 4.69) is 4.98 Å². The van der Waals surface area contributed by atoms with E-state index in [1.165, 1.54) is 0 Å². The number of likely N-dealkylation sites (tertiary alicyclic amines) is 1. The van der Waals surface area contributed by atoms with Crippen molar-refractivity contribution in [3.05, 3.63) is 41.3 Å². The molecule has 5 heteroatoms. The Morgan fingerprint density at radius 2 is 2.25 bits per heavy atom. The topological polar surface area (TPSA) is 66.6 Å². The minimum atomic E-state index is 0.0559. The Hall–Kier alpha value is -2.14. The first kappa shape index (κ1) is 16.7. The molecular weight excluding hydrogens is 304 g/mol. The fourth-order valence-electron chi connectivity index (χ4n) is 3.19. The number of nitrogens with zero attached hydrogens (tertiary/aromatic N) is 2. The molecule has 1 aliphatic rings. The molecule has 1 aliphatic heterocycles. The van der Waals surface area contributed by atoms with E-state index in [4.69, 9.17) is 4.42 Å². The minimum Gasteiger partial charge on any atom is -0.441 e. The van der Waals surface area contributed by atoms with Crippen LogP contribution in [0.1, 0.15) is 29.9 Å². The van der Waals surface area contributed by atoms with Gasteiger partial charge in [-0.1, -0.05) is 17.7 Å². The molecule has 1 N–H and O–H groups in total. The number of carbonyl (C=O) groups is 1. The largest absolute Gasteiger partial charge is 0.441 e. The standard InChI is InChI=1S/C19H24N2O3/c1-13-5-3-7-16(9-13)19-20-17(14(2)24-19)10-18(23)21-8-4-6-15(11-21)12-22/h3,5,7,9,15,22H,4,6,8,10-12H2,1-2H3. The van der Waals surface area contributed by atoms with Gasteiger partial charge in [0.15, 0.2) is 0 Å². The molecule has 3 rings (SSSR count). The van der Waals surface area contributed by atoms with Gasteiger partial charge >= 0.3 is 0 Å². The van der Waals surface area contributed by atoms with Crippen molar-refractivity contribution in [1.82, 2.24) is 9.88 Å². The van der Waals surface area contributed by atoms with Crippen LogP contribution in [0.4, 0.5) is 0 Å². The van der Waals surface area contributed by atoms with E-state index < -0.39 is 0 Å². The summed E-state index contributed by atoms with van der Waals surface area (Å²) in [6, 6.07) is 7.98. The van der Waals surface area contributed by atoms with Gasteiger partial charge in [0.25, 0.3) is 0 Å². The van der Waals surface area contributed by atoms with Crippen molar-refractivity contribution in [2.24, 2.45) is 5.92 Å². The summed E-state index contributed by atoms with van der Waals surface area (Å²) in [5.41, 5.74) is 2.77. The summed E-state index contributed by atoms with van der Waals surface area (Å²) in [5.74, 6) is 1.51. The third-order valence-electron chi connectivity index (χ3n) is 4.61. The van der Waals surface area contributed by atoms with Crippen LogP contribution in [-0.4, -0.2) is 40.6 Å². The van der Waals surface area contributed by atoms with Crippen LogP contribution in [0.15, 0.2) is 28.7 Å². The lowest BCUT2D eigenvalue weighted by atomic mass is 9.98. The average molecular weight is 328 g/mol. The van der Waals surface area contributed by atoms with Crippen molar-refractivity contribution < 1.29 is 14.3 Å². The number of oxazole rings is 1. The molecule has 24 heavy (non-hydrogen) atoms. The van der Waals surface area contributed by atoms with Gasteiger partial charge in [0.05, 0.1) is 12.1 Å². The Balaban J connectivity index is 1.72. The van der Waals surface area contributed by atoms with Crippen molar-refractivity contribution in [3.63, 3.8) is 0 Å². The normalized spacial score (nSPS) is 18.0. The molecule has 1 amide bonds. The maximum absolute atomic E-state index is 12.5. The van der Waals surface area contributed by atoms with Gasteiger partial charge in [-0.15, -0.1) is 0 Å². The van der Waals surface area contributed by atoms with Crippen LogP contribution in [-0.2, 0) is 11.2 Å². The summed E-state index contributed by atoms with van der Waals surface area (Å²) in [7, 11) is 0. The van der Waals surface area contributed by atoms with E-state index in [1.807, 2.05) is 43.0 Å². The molecule has 0 radical (unpaired) electrons. The van der Waals surface area contributed by atoms with E-state index in [9.17, 15) is 9.90 Å². The van der Waals surface area contributed by atoms with Gasteiger partial charge < -0.3 is 14.4 Å². The molecular formula is C19H24N2O3. The van der Waals surface area contributed by atoms with Crippen LogP contribution in [0.2, 0.25) is 0 Å². The van der Waals surface area contributed by atoms with Gasteiger partial charge in [0.1, 0.15) is 5.76 Å². The van der Waals surface area contributed by atoms with Gasteiger partial charge in [-0.2, -0.15) is 0 Å². The molecule has 1 saturated heterocycles. The molecule has 1 aromatic carbocycles. The Morgan fingerprint density at radius 1 is 1.42 bits per heavy atom. The van der Waals surface area contributed by atoms with Crippen molar-refractivity contribution in [2.75, 3.05) is 19.7 Å². The van der Waals surface area contributed by atoms with Gasteiger partial charge in [0, 0.05) is 25.3 Å². The SMILES string of the molecule is Cc1cccc(-c2nc(CC(=O)N3CCCC(CO)C3)c(C)o2)c1. The number of aliphatic hydroxyl groups is 1. The van der Waals surface area contributed by atoms with Crippen molar-refractivity contribution >= 4 is 5.91 Å². The highest BCUT2D eigenvalue weighted by Crippen LogP contribution is 2.24. The van der Waals surface area contributed by atoms with Crippen molar-refractivity contribution in [1.29, 1.82) is 0 Å². The maximum Gasteiger partial charge on any atom is 0.228 e. The number of rotatable bonds is 4. The zero-order valence-corrected chi connectivity index (χ0v) is 14.3. The molecule has 1 unspecified atom stereocenters. The Morgan fingerprint density at radius 3 is 3.00 bits per heavy atom. The van der Waals surface area contributed by atoms with Crippen LogP contribution in [0.3, 0.4) is 0 Å². The lowest BCUT2D eigenvalue weighted by Gasteiger charge is -2.31.